The van der Waals surface area contributed by atoms with Crippen molar-refractivity contribution in [3.63, 3.8) is 0 Å². The third-order valence-electron chi connectivity index (χ3n) is 4.94. The average molecular weight is 366 g/mol. The summed E-state index contributed by atoms with van der Waals surface area (Å²) in [6, 6.07) is 7.59. The highest BCUT2D eigenvalue weighted by Gasteiger charge is 2.23. The summed E-state index contributed by atoms with van der Waals surface area (Å²) in [7, 11) is 0. The minimum atomic E-state index is -0.480. The lowest BCUT2D eigenvalue weighted by Crippen LogP contribution is -2.27. The highest BCUT2D eigenvalue weighted by molar-refractivity contribution is 5.57. The van der Waals surface area contributed by atoms with Gasteiger partial charge in [-0.2, -0.15) is 10.4 Å². The number of azo groups is 1. The van der Waals surface area contributed by atoms with Crippen LogP contribution in [-0.4, -0.2) is 22.4 Å². The molecule has 0 amide bonds. The molecule has 7 heteroatoms. The van der Waals surface area contributed by atoms with Crippen LogP contribution < -0.4 is 5.56 Å². The van der Waals surface area contributed by atoms with Gasteiger partial charge >= 0.3 is 0 Å². The Kier molecular flexibility index (Phi) is 5.38. The fourth-order valence-corrected chi connectivity index (χ4v) is 3.11. The van der Waals surface area contributed by atoms with E-state index in [4.69, 9.17) is 4.74 Å². The van der Waals surface area contributed by atoms with E-state index in [-0.39, 0.29) is 29.8 Å². The number of aryl methyl sites for hydroxylation is 2. The number of hydrogen-bond acceptors (Lipinski definition) is 6. The van der Waals surface area contributed by atoms with Crippen LogP contribution in [0.4, 0.5) is 11.4 Å². The van der Waals surface area contributed by atoms with Crippen LogP contribution in [0.25, 0.3) is 0 Å². The number of ether oxygens (including phenoxy) is 1. The normalized spacial score (nSPS) is 16.7. The third kappa shape index (κ3) is 3.76. The van der Waals surface area contributed by atoms with Gasteiger partial charge in [-0.1, -0.05) is 6.07 Å². The van der Waals surface area contributed by atoms with E-state index in [1.807, 2.05) is 38.1 Å². The Morgan fingerprint density at radius 2 is 2.07 bits per heavy atom. The molecule has 1 saturated heterocycles. The minimum Gasteiger partial charge on any atom is -0.493 e. The van der Waals surface area contributed by atoms with Crippen LogP contribution in [0.15, 0.2) is 33.2 Å². The van der Waals surface area contributed by atoms with Crippen molar-refractivity contribution >= 4 is 11.4 Å². The highest BCUT2D eigenvalue weighted by Crippen LogP contribution is 2.28. The Balaban J connectivity index is 2.05. The number of benzene rings is 1. The zero-order chi connectivity index (χ0) is 19.6. The van der Waals surface area contributed by atoms with E-state index in [2.05, 4.69) is 10.2 Å². The van der Waals surface area contributed by atoms with Crippen molar-refractivity contribution in [2.45, 2.75) is 46.3 Å². The first-order chi connectivity index (χ1) is 12.9. The molecule has 1 fully saturated rings. The van der Waals surface area contributed by atoms with E-state index in [0.717, 1.165) is 28.5 Å². The highest BCUT2D eigenvalue weighted by atomic mass is 16.5. The van der Waals surface area contributed by atoms with Gasteiger partial charge in [0.1, 0.15) is 11.6 Å². The second kappa shape index (κ2) is 7.72. The van der Waals surface area contributed by atoms with E-state index in [1.165, 1.54) is 0 Å². The Morgan fingerprint density at radius 1 is 1.30 bits per heavy atom. The van der Waals surface area contributed by atoms with Gasteiger partial charge in [0.2, 0.25) is 5.88 Å². The van der Waals surface area contributed by atoms with E-state index >= 15 is 0 Å². The van der Waals surface area contributed by atoms with Gasteiger partial charge in [0.25, 0.3) is 5.56 Å². The number of rotatable bonds is 4. The Bertz CT molecular complexity index is 996. The largest absolute Gasteiger partial charge is 0.493 e. The molecule has 1 N–H and O–H groups in total. The summed E-state index contributed by atoms with van der Waals surface area (Å²) < 4.78 is 6.72. The lowest BCUT2D eigenvalue weighted by molar-refractivity contribution is 0.0939. The molecule has 3 rings (SSSR count). The van der Waals surface area contributed by atoms with Crippen LogP contribution in [0.1, 0.15) is 35.1 Å². The van der Waals surface area contributed by atoms with E-state index < -0.39 is 5.56 Å². The van der Waals surface area contributed by atoms with Gasteiger partial charge in [-0.05, 0) is 56.9 Å². The summed E-state index contributed by atoms with van der Waals surface area (Å²) in [4.78, 5) is 12.9. The summed E-state index contributed by atoms with van der Waals surface area (Å²) in [5.41, 5.74) is 2.75. The second-order valence-electron chi connectivity index (χ2n) is 6.80. The average Bonchev–Trinajstić information content (AvgIpc) is 3.15. The quantitative estimate of drug-likeness (QED) is 0.828. The standard InChI is InChI=1S/C20H22N4O3/c1-12-6-7-15(9-13(12)2)22-23-18-14(3)17(10-21)19(25)24(20(18)26)11-16-5-4-8-27-16/h6-7,9,16,25H,4-5,8,11H2,1-3H3. The number of pyridine rings is 1. The van der Waals surface area contributed by atoms with Gasteiger partial charge < -0.3 is 9.84 Å². The van der Waals surface area contributed by atoms with Crippen molar-refractivity contribution in [1.82, 2.24) is 4.57 Å². The summed E-state index contributed by atoms with van der Waals surface area (Å²) in [5.74, 6) is -0.347. The van der Waals surface area contributed by atoms with Gasteiger partial charge in [0.05, 0.1) is 18.3 Å². The van der Waals surface area contributed by atoms with Gasteiger partial charge in [0.15, 0.2) is 5.69 Å². The zero-order valence-electron chi connectivity index (χ0n) is 15.7. The molecule has 140 valence electrons. The third-order valence-corrected chi connectivity index (χ3v) is 4.94. The number of aromatic hydroxyl groups is 1. The molecule has 7 nitrogen and oxygen atoms in total. The number of aromatic nitrogens is 1. The first-order valence-electron chi connectivity index (χ1n) is 8.89. The molecule has 2 aromatic rings. The van der Waals surface area contributed by atoms with Crippen molar-refractivity contribution in [3.05, 3.63) is 50.8 Å². The van der Waals surface area contributed by atoms with E-state index in [9.17, 15) is 15.2 Å². The molecular formula is C20H22N4O3. The molecule has 2 heterocycles. The van der Waals surface area contributed by atoms with Crippen LogP contribution in [0.3, 0.4) is 0 Å². The van der Waals surface area contributed by atoms with Gasteiger partial charge in [-0.15, -0.1) is 5.11 Å². The lowest BCUT2D eigenvalue weighted by atomic mass is 10.1. The maximum Gasteiger partial charge on any atom is 0.281 e. The predicted molar refractivity (Wildman–Crippen MR) is 101 cm³/mol. The summed E-state index contributed by atoms with van der Waals surface area (Å²) in [6.07, 6.45) is 1.56. The van der Waals surface area contributed by atoms with Crippen molar-refractivity contribution in [3.8, 4) is 11.9 Å². The molecule has 0 radical (unpaired) electrons. The second-order valence-corrected chi connectivity index (χ2v) is 6.80. The van der Waals surface area contributed by atoms with E-state index in [1.54, 1.807) is 6.92 Å². The Morgan fingerprint density at radius 3 is 2.70 bits per heavy atom. The van der Waals surface area contributed by atoms with Gasteiger partial charge in [-0.25, -0.2) is 0 Å². The molecule has 1 aliphatic rings. The van der Waals surface area contributed by atoms with Crippen LogP contribution in [0, 0.1) is 32.1 Å². The molecular weight excluding hydrogens is 344 g/mol. The Labute approximate surface area is 157 Å². The molecule has 1 aliphatic heterocycles. The Hall–Kier alpha value is -2.98. The first kappa shape index (κ1) is 18.8. The monoisotopic (exact) mass is 366 g/mol. The lowest BCUT2D eigenvalue weighted by Gasteiger charge is -2.16. The summed E-state index contributed by atoms with van der Waals surface area (Å²) in [5, 5.41) is 28.1. The molecule has 0 spiro atoms. The molecule has 0 saturated carbocycles. The zero-order valence-corrected chi connectivity index (χ0v) is 15.7. The first-order valence-corrected chi connectivity index (χ1v) is 8.89. The topological polar surface area (TPSA) is 100.0 Å². The number of hydrogen-bond donors (Lipinski definition) is 1. The smallest absolute Gasteiger partial charge is 0.281 e. The van der Waals surface area contributed by atoms with Crippen LogP contribution in [-0.2, 0) is 11.3 Å². The number of nitriles is 1. The fraction of sp³-hybridized carbons (Fsp3) is 0.400. The molecule has 1 aromatic heterocycles. The van der Waals surface area contributed by atoms with Crippen LogP contribution in [0.5, 0.6) is 5.88 Å². The maximum absolute atomic E-state index is 12.9. The van der Waals surface area contributed by atoms with Crippen molar-refractivity contribution < 1.29 is 9.84 Å². The molecule has 1 unspecified atom stereocenters. The fourth-order valence-electron chi connectivity index (χ4n) is 3.11. The van der Waals surface area contributed by atoms with Crippen molar-refractivity contribution in [1.29, 1.82) is 5.26 Å². The summed E-state index contributed by atoms with van der Waals surface area (Å²) >= 11 is 0. The van der Waals surface area contributed by atoms with Crippen molar-refractivity contribution in [2.75, 3.05) is 6.61 Å². The molecule has 1 atom stereocenters. The SMILES string of the molecule is Cc1ccc(N=Nc2c(C)c(C#N)c(O)n(CC3CCCO3)c2=O)cc1C. The van der Waals surface area contributed by atoms with Gasteiger partial charge in [-0.3, -0.25) is 9.36 Å². The molecule has 0 bridgehead atoms. The molecule has 1 aromatic carbocycles. The van der Waals surface area contributed by atoms with E-state index in [0.29, 0.717) is 17.9 Å². The predicted octanol–water partition coefficient (Wildman–Crippen LogP) is 3.95. The number of nitrogens with zero attached hydrogens (tertiary/aromatic N) is 4. The van der Waals surface area contributed by atoms with Crippen LogP contribution in [0.2, 0.25) is 0 Å². The van der Waals surface area contributed by atoms with Crippen molar-refractivity contribution in [2.24, 2.45) is 10.2 Å². The van der Waals surface area contributed by atoms with Gasteiger partial charge in [0, 0.05) is 12.2 Å². The maximum atomic E-state index is 12.9. The van der Waals surface area contributed by atoms with Crippen LogP contribution >= 0.6 is 0 Å². The molecule has 0 aliphatic carbocycles. The minimum absolute atomic E-state index is 0.0293. The molecule has 27 heavy (non-hydrogen) atoms. The summed E-state index contributed by atoms with van der Waals surface area (Å²) in [6.45, 7) is 6.39.